The van der Waals surface area contributed by atoms with Crippen LogP contribution in [0.5, 0.6) is 0 Å². The molecule has 0 spiro atoms. The molecular formula is C15H36N4. The molecule has 116 valence electrons. The Labute approximate surface area is 120 Å². The van der Waals surface area contributed by atoms with E-state index in [1.165, 1.54) is 58.2 Å². The average molecular weight is 272 g/mol. The minimum atomic E-state index is 0.826. The van der Waals surface area contributed by atoms with Crippen molar-refractivity contribution in [3.63, 3.8) is 0 Å². The number of nitrogens with zero attached hydrogens (tertiary/aromatic N) is 1. The molecule has 0 bridgehead atoms. The van der Waals surface area contributed by atoms with Crippen LogP contribution in [-0.4, -0.2) is 44.2 Å². The Morgan fingerprint density at radius 1 is 0.421 bits per heavy atom. The summed E-state index contributed by atoms with van der Waals surface area (Å²) in [6.45, 7) is 6.16. The first-order valence-electron chi connectivity index (χ1n) is 8.17. The average Bonchev–Trinajstić information content (AvgIpc) is 2.43. The molecule has 0 rings (SSSR count). The van der Waals surface area contributed by atoms with Crippen LogP contribution in [0.2, 0.25) is 0 Å². The zero-order valence-corrected chi connectivity index (χ0v) is 12.8. The van der Waals surface area contributed by atoms with Gasteiger partial charge in [0.1, 0.15) is 0 Å². The van der Waals surface area contributed by atoms with Gasteiger partial charge < -0.3 is 22.1 Å². The largest absolute Gasteiger partial charge is 0.330 e. The van der Waals surface area contributed by atoms with Gasteiger partial charge in [0.25, 0.3) is 0 Å². The van der Waals surface area contributed by atoms with E-state index in [1.807, 2.05) is 0 Å². The van der Waals surface area contributed by atoms with Gasteiger partial charge in [-0.15, -0.1) is 0 Å². The standard InChI is InChI=1S/C15H36N4/c16-10-4-1-7-13-19(14-8-2-5-11-17)15-9-3-6-12-18/h1-18H2. The van der Waals surface area contributed by atoms with Crippen molar-refractivity contribution in [3.8, 4) is 0 Å². The van der Waals surface area contributed by atoms with Gasteiger partial charge in [-0.25, -0.2) is 0 Å². The Kier molecular flexibility index (Phi) is 15.8. The Hall–Kier alpha value is -0.160. The van der Waals surface area contributed by atoms with Crippen LogP contribution in [0.25, 0.3) is 0 Å². The lowest BCUT2D eigenvalue weighted by atomic mass is 10.1. The third kappa shape index (κ3) is 14.1. The number of hydrogen-bond acceptors (Lipinski definition) is 4. The zero-order chi connectivity index (χ0) is 14.2. The highest BCUT2D eigenvalue weighted by atomic mass is 15.1. The smallest absolute Gasteiger partial charge is 0.00187 e. The quantitative estimate of drug-likeness (QED) is 0.396. The Balaban J connectivity index is 3.66. The van der Waals surface area contributed by atoms with Crippen LogP contribution in [0.4, 0.5) is 0 Å². The lowest BCUT2D eigenvalue weighted by Crippen LogP contribution is -2.27. The van der Waals surface area contributed by atoms with Crippen molar-refractivity contribution in [2.24, 2.45) is 17.2 Å². The summed E-state index contributed by atoms with van der Waals surface area (Å²) in [5.41, 5.74) is 16.6. The minimum absolute atomic E-state index is 0.826. The fraction of sp³-hybridized carbons (Fsp3) is 1.00. The fourth-order valence-electron chi connectivity index (χ4n) is 2.30. The normalized spacial score (nSPS) is 11.4. The SMILES string of the molecule is NCCCCCN(CCCCCN)CCCCCN. The highest BCUT2D eigenvalue weighted by Gasteiger charge is 2.04. The molecule has 0 atom stereocenters. The van der Waals surface area contributed by atoms with Crippen molar-refractivity contribution in [1.29, 1.82) is 0 Å². The van der Waals surface area contributed by atoms with E-state index < -0.39 is 0 Å². The van der Waals surface area contributed by atoms with E-state index in [0.717, 1.165) is 38.9 Å². The van der Waals surface area contributed by atoms with E-state index >= 15 is 0 Å². The van der Waals surface area contributed by atoms with Gasteiger partial charge in [-0.1, -0.05) is 19.3 Å². The van der Waals surface area contributed by atoms with Crippen LogP contribution in [-0.2, 0) is 0 Å². The van der Waals surface area contributed by atoms with E-state index in [1.54, 1.807) is 0 Å². The van der Waals surface area contributed by atoms with Crippen LogP contribution in [0.3, 0.4) is 0 Å². The molecule has 0 aliphatic rings. The molecule has 0 unspecified atom stereocenters. The summed E-state index contributed by atoms with van der Waals surface area (Å²) in [5.74, 6) is 0. The molecule has 6 N–H and O–H groups in total. The summed E-state index contributed by atoms with van der Waals surface area (Å²) in [7, 11) is 0. The van der Waals surface area contributed by atoms with E-state index in [-0.39, 0.29) is 0 Å². The first-order chi connectivity index (χ1) is 9.35. The summed E-state index contributed by atoms with van der Waals surface area (Å²) in [6, 6.07) is 0. The molecule has 0 aliphatic heterocycles. The van der Waals surface area contributed by atoms with Crippen molar-refractivity contribution in [1.82, 2.24) is 4.90 Å². The van der Waals surface area contributed by atoms with Crippen molar-refractivity contribution in [2.45, 2.75) is 57.8 Å². The number of hydrogen-bond donors (Lipinski definition) is 3. The molecule has 0 radical (unpaired) electrons. The molecule has 0 amide bonds. The van der Waals surface area contributed by atoms with Gasteiger partial charge in [0, 0.05) is 0 Å². The lowest BCUT2D eigenvalue weighted by molar-refractivity contribution is 0.255. The van der Waals surface area contributed by atoms with Crippen LogP contribution in [0.1, 0.15) is 57.8 Å². The number of nitrogens with two attached hydrogens (primary N) is 3. The molecule has 0 saturated heterocycles. The molecule has 0 saturated carbocycles. The predicted molar refractivity (Wildman–Crippen MR) is 85.2 cm³/mol. The first kappa shape index (κ1) is 18.8. The van der Waals surface area contributed by atoms with Crippen LogP contribution >= 0.6 is 0 Å². The van der Waals surface area contributed by atoms with Gasteiger partial charge >= 0.3 is 0 Å². The molecule has 0 aromatic heterocycles. The van der Waals surface area contributed by atoms with Crippen molar-refractivity contribution in [2.75, 3.05) is 39.3 Å². The Bertz CT molecular complexity index is 136. The van der Waals surface area contributed by atoms with Crippen LogP contribution in [0, 0.1) is 0 Å². The third-order valence-electron chi connectivity index (χ3n) is 3.54. The lowest BCUT2D eigenvalue weighted by Gasteiger charge is -2.22. The van der Waals surface area contributed by atoms with Gasteiger partial charge in [0.05, 0.1) is 0 Å². The fourth-order valence-corrected chi connectivity index (χ4v) is 2.30. The van der Waals surface area contributed by atoms with Crippen molar-refractivity contribution < 1.29 is 0 Å². The van der Waals surface area contributed by atoms with Gasteiger partial charge in [-0.3, -0.25) is 0 Å². The minimum Gasteiger partial charge on any atom is -0.330 e. The molecule has 4 nitrogen and oxygen atoms in total. The van der Waals surface area contributed by atoms with Crippen molar-refractivity contribution in [3.05, 3.63) is 0 Å². The first-order valence-corrected chi connectivity index (χ1v) is 8.17. The monoisotopic (exact) mass is 272 g/mol. The third-order valence-corrected chi connectivity index (χ3v) is 3.54. The highest BCUT2D eigenvalue weighted by Crippen LogP contribution is 2.05. The Morgan fingerprint density at radius 3 is 1.00 bits per heavy atom. The molecule has 19 heavy (non-hydrogen) atoms. The summed E-state index contributed by atoms with van der Waals surface area (Å²) in [4.78, 5) is 2.61. The van der Waals surface area contributed by atoms with Crippen LogP contribution in [0.15, 0.2) is 0 Å². The Morgan fingerprint density at radius 2 is 0.737 bits per heavy atom. The summed E-state index contributed by atoms with van der Waals surface area (Å²) < 4.78 is 0. The van der Waals surface area contributed by atoms with Crippen LogP contribution < -0.4 is 17.2 Å². The second kappa shape index (κ2) is 15.9. The summed E-state index contributed by atoms with van der Waals surface area (Å²) in [5, 5.41) is 0. The predicted octanol–water partition coefficient (Wildman–Crippen LogP) is 1.68. The van der Waals surface area contributed by atoms with Gasteiger partial charge in [-0.2, -0.15) is 0 Å². The molecule has 0 aromatic carbocycles. The van der Waals surface area contributed by atoms with E-state index in [4.69, 9.17) is 17.2 Å². The van der Waals surface area contributed by atoms with E-state index in [9.17, 15) is 0 Å². The zero-order valence-electron chi connectivity index (χ0n) is 12.8. The number of rotatable bonds is 15. The maximum atomic E-state index is 5.54. The summed E-state index contributed by atoms with van der Waals surface area (Å²) >= 11 is 0. The molecule has 0 aromatic rings. The maximum Gasteiger partial charge on any atom is -0.00187 e. The van der Waals surface area contributed by atoms with Crippen molar-refractivity contribution >= 4 is 0 Å². The van der Waals surface area contributed by atoms with Gasteiger partial charge in [0.2, 0.25) is 0 Å². The molecular weight excluding hydrogens is 236 g/mol. The van der Waals surface area contributed by atoms with E-state index in [2.05, 4.69) is 4.90 Å². The van der Waals surface area contributed by atoms with Gasteiger partial charge in [0.15, 0.2) is 0 Å². The molecule has 4 heteroatoms. The topological polar surface area (TPSA) is 81.3 Å². The van der Waals surface area contributed by atoms with Gasteiger partial charge in [-0.05, 0) is 77.8 Å². The maximum absolute atomic E-state index is 5.54. The summed E-state index contributed by atoms with van der Waals surface area (Å²) in [6.07, 6.45) is 11.1. The highest BCUT2D eigenvalue weighted by molar-refractivity contribution is 4.60. The molecule has 0 aliphatic carbocycles. The number of unbranched alkanes of at least 4 members (excludes halogenated alkanes) is 6. The molecule has 0 heterocycles. The second-order valence-electron chi connectivity index (χ2n) is 5.39. The molecule has 0 fully saturated rings. The second-order valence-corrected chi connectivity index (χ2v) is 5.39. The van der Waals surface area contributed by atoms with E-state index in [0.29, 0.717) is 0 Å².